The Bertz CT molecular complexity index is 851. The van der Waals surface area contributed by atoms with Crippen LogP contribution < -0.4 is 4.74 Å². The Labute approximate surface area is 157 Å². The first-order chi connectivity index (χ1) is 12.5. The van der Waals surface area contributed by atoms with Gasteiger partial charge in [-0.25, -0.2) is 4.98 Å². The third kappa shape index (κ3) is 4.92. The third-order valence-corrected chi connectivity index (χ3v) is 5.75. The highest BCUT2D eigenvalue weighted by atomic mass is 32.2. The molecule has 3 aromatic rings. The maximum absolute atomic E-state index is 12.3. The van der Waals surface area contributed by atoms with Crippen LogP contribution in [-0.4, -0.2) is 35.2 Å². The fraction of sp³-hybridized carbons (Fsp3) is 0.222. The highest BCUT2D eigenvalue weighted by Gasteiger charge is 2.12. The van der Waals surface area contributed by atoms with E-state index in [9.17, 15) is 13.6 Å². The van der Waals surface area contributed by atoms with Gasteiger partial charge in [0.25, 0.3) is 0 Å². The van der Waals surface area contributed by atoms with Crippen molar-refractivity contribution in [1.29, 1.82) is 0 Å². The second kappa shape index (κ2) is 8.46. The molecular formula is C18H16F2N2O2S2. The maximum atomic E-state index is 12.3. The van der Waals surface area contributed by atoms with Crippen LogP contribution in [0.5, 0.6) is 5.75 Å². The first-order valence-electron chi connectivity index (χ1n) is 7.77. The van der Waals surface area contributed by atoms with Gasteiger partial charge < -0.3 is 9.64 Å². The van der Waals surface area contributed by atoms with Gasteiger partial charge in [0.05, 0.1) is 16.0 Å². The van der Waals surface area contributed by atoms with E-state index in [0.29, 0.717) is 12.3 Å². The van der Waals surface area contributed by atoms with E-state index in [1.54, 1.807) is 35.4 Å². The SMILES string of the molecule is CN(Cc1ccc(OC(F)F)cc1)C(=O)CSc1nc2ccccc2s1. The molecule has 0 aliphatic heterocycles. The molecule has 0 saturated heterocycles. The first kappa shape index (κ1) is 18.6. The van der Waals surface area contributed by atoms with Crippen LogP contribution in [-0.2, 0) is 11.3 Å². The van der Waals surface area contributed by atoms with E-state index >= 15 is 0 Å². The fourth-order valence-electron chi connectivity index (χ4n) is 2.28. The number of nitrogens with zero attached hydrogens (tertiary/aromatic N) is 2. The Morgan fingerprint density at radius 3 is 2.65 bits per heavy atom. The zero-order valence-electron chi connectivity index (χ0n) is 13.9. The van der Waals surface area contributed by atoms with Gasteiger partial charge in [0.2, 0.25) is 5.91 Å². The lowest BCUT2D eigenvalue weighted by Gasteiger charge is -2.17. The highest BCUT2D eigenvalue weighted by molar-refractivity contribution is 8.01. The van der Waals surface area contributed by atoms with Crippen LogP contribution in [0.3, 0.4) is 0 Å². The molecule has 0 spiro atoms. The van der Waals surface area contributed by atoms with Crippen LogP contribution in [0.25, 0.3) is 10.2 Å². The molecule has 1 heterocycles. The molecule has 1 aromatic heterocycles. The average Bonchev–Trinajstić information content (AvgIpc) is 3.03. The van der Waals surface area contributed by atoms with Crippen LogP contribution in [0.15, 0.2) is 52.9 Å². The van der Waals surface area contributed by atoms with Gasteiger partial charge in [-0.2, -0.15) is 8.78 Å². The minimum Gasteiger partial charge on any atom is -0.435 e. The smallest absolute Gasteiger partial charge is 0.387 e. The van der Waals surface area contributed by atoms with E-state index < -0.39 is 6.61 Å². The molecule has 4 nitrogen and oxygen atoms in total. The number of aromatic nitrogens is 1. The molecule has 0 N–H and O–H groups in total. The molecule has 0 fully saturated rings. The predicted octanol–water partition coefficient (Wildman–Crippen LogP) is 4.65. The molecule has 0 atom stereocenters. The number of hydrogen-bond acceptors (Lipinski definition) is 5. The number of rotatable bonds is 7. The summed E-state index contributed by atoms with van der Waals surface area (Å²) >= 11 is 2.98. The van der Waals surface area contributed by atoms with Crippen molar-refractivity contribution in [3.8, 4) is 5.75 Å². The minimum absolute atomic E-state index is 0.0258. The van der Waals surface area contributed by atoms with Crippen LogP contribution >= 0.6 is 23.1 Å². The zero-order valence-corrected chi connectivity index (χ0v) is 15.5. The summed E-state index contributed by atoms with van der Waals surface area (Å²) in [7, 11) is 1.71. The lowest BCUT2D eigenvalue weighted by Crippen LogP contribution is -2.27. The molecule has 0 radical (unpaired) electrons. The summed E-state index contributed by atoms with van der Waals surface area (Å²) < 4.78 is 30.6. The largest absolute Gasteiger partial charge is 0.435 e. The van der Waals surface area contributed by atoms with Crippen LogP contribution in [0, 0.1) is 0 Å². The summed E-state index contributed by atoms with van der Waals surface area (Å²) in [5, 5.41) is 0. The molecule has 0 aliphatic carbocycles. The van der Waals surface area contributed by atoms with E-state index in [1.165, 1.54) is 23.9 Å². The van der Waals surface area contributed by atoms with Crippen molar-refractivity contribution in [2.75, 3.05) is 12.8 Å². The van der Waals surface area contributed by atoms with Crippen molar-refractivity contribution in [2.45, 2.75) is 17.5 Å². The zero-order chi connectivity index (χ0) is 18.5. The van der Waals surface area contributed by atoms with Gasteiger partial charge in [0, 0.05) is 13.6 Å². The molecule has 0 unspecified atom stereocenters. The summed E-state index contributed by atoms with van der Waals surface area (Å²) in [6.45, 7) is -2.45. The lowest BCUT2D eigenvalue weighted by atomic mass is 10.2. The van der Waals surface area contributed by atoms with Crippen molar-refractivity contribution in [3.63, 3.8) is 0 Å². The van der Waals surface area contributed by atoms with E-state index in [4.69, 9.17) is 0 Å². The number of thiazole rings is 1. The normalized spacial score (nSPS) is 11.1. The van der Waals surface area contributed by atoms with Gasteiger partial charge in [-0.05, 0) is 29.8 Å². The molecule has 3 rings (SSSR count). The standard InChI is InChI=1S/C18H16F2N2O2S2/c1-22(10-12-6-8-13(9-7-12)24-17(19)20)16(23)11-25-18-21-14-4-2-3-5-15(14)26-18/h2-9,17H,10-11H2,1H3. The Balaban J connectivity index is 1.52. The predicted molar refractivity (Wildman–Crippen MR) is 99.9 cm³/mol. The van der Waals surface area contributed by atoms with Crippen molar-refractivity contribution >= 4 is 39.2 Å². The van der Waals surface area contributed by atoms with Crippen LogP contribution in [0.4, 0.5) is 8.78 Å². The lowest BCUT2D eigenvalue weighted by molar-refractivity contribution is -0.127. The maximum Gasteiger partial charge on any atom is 0.387 e. The van der Waals surface area contributed by atoms with Crippen molar-refractivity contribution in [1.82, 2.24) is 9.88 Å². The Kier molecular flexibility index (Phi) is 6.05. The van der Waals surface area contributed by atoms with Gasteiger partial charge in [0.15, 0.2) is 4.34 Å². The van der Waals surface area contributed by atoms with E-state index in [-0.39, 0.29) is 11.7 Å². The molecular weight excluding hydrogens is 378 g/mol. The topological polar surface area (TPSA) is 42.4 Å². The molecule has 26 heavy (non-hydrogen) atoms. The summed E-state index contributed by atoms with van der Waals surface area (Å²) in [4.78, 5) is 18.4. The highest BCUT2D eigenvalue weighted by Crippen LogP contribution is 2.29. The van der Waals surface area contributed by atoms with Crippen LogP contribution in [0.1, 0.15) is 5.56 Å². The summed E-state index contributed by atoms with van der Waals surface area (Å²) in [6, 6.07) is 14.1. The average molecular weight is 394 g/mol. The van der Waals surface area contributed by atoms with Gasteiger partial charge in [-0.3, -0.25) is 4.79 Å². The molecule has 0 aliphatic rings. The summed E-state index contributed by atoms with van der Waals surface area (Å²) in [5.74, 6) is 0.370. The van der Waals surface area contributed by atoms with Crippen molar-refractivity contribution in [2.24, 2.45) is 0 Å². The number of alkyl halides is 2. The van der Waals surface area contributed by atoms with Gasteiger partial charge in [-0.15, -0.1) is 11.3 Å². The summed E-state index contributed by atoms with van der Waals surface area (Å²) in [5.41, 5.74) is 1.78. The first-order valence-corrected chi connectivity index (χ1v) is 9.57. The fourth-order valence-corrected chi connectivity index (χ4v) is 4.29. The molecule has 2 aromatic carbocycles. The van der Waals surface area contributed by atoms with Gasteiger partial charge >= 0.3 is 6.61 Å². The molecule has 0 saturated carbocycles. The number of carbonyl (C=O) groups is 1. The van der Waals surface area contributed by atoms with E-state index in [0.717, 1.165) is 20.1 Å². The number of benzene rings is 2. The van der Waals surface area contributed by atoms with Crippen molar-refractivity contribution < 1.29 is 18.3 Å². The quantitative estimate of drug-likeness (QED) is 0.547. The Morgan fingerprint density at radius 2 is 1.96 bits per heavy atom. The van der Waals surface area contributed by atoms with Gasteiger partial charge in [-0.1, -0.05) is 36.0 Å². The molecule has 1 amide bonds. The number of fused-ring (bicyclic) bond motifs is 1. The third-order valence-electron chi connectivity index (χ3n) is 3.59. The molecule has 136 valence electrons. The number of para-hydroxylation sites is 1. The number of amides is 1. The Hall–Kier alpha value is -2.19. The molecule has 0 bridgehead atoms. The molecule has 8 heteroatoms. The monoisotopic (exact) mass is 394 g/mol. The number of halogens is 2. The number of hydrogen-bond donors (Lipinski definition) is 0. The summed E-state index contributed by atoms with van der Waals surface area (Å²) in [6.07, 6.45) is 0. The van der Waals surface area contributed by atoms with E-state index in [2.05, 4.69) is 9.72 Å². The minimum atomic E-state index is -2.84. The number of carbonyl (C=O) groups excluding carboxylic acids is 1. The second-order valence-corrected chi connectivity index (χ2v) is 7.76. The second-order valence-electron chi connectivity index (χ2n) is 5.51. The number of thioether (sulfide) groups is 1. The number of ether oxygens (including phenoxy) is 1. The van der Waals surface area contributed by atoms with Crippen LogP contribution in [0.2, 0.25) is 0 Å². The Morgan fingerprint density at radius 1 is 1.23 bits per heavy atom. The van der Waals surface area contributed by atoms with Crippen molar-refractivity contribution in [3.05, 3.63) is 54.1 Å². The van der Waals surface area contributed by atoms with E-state index in [1.807, 2.05) is 24.3 Å². The van der Waals surface area contributed by atoms with Gasteiger partial charge in [0.1, 0.15) is 5.75 Å².